The van der Waals surface area contributed by atoms with Gasteiger partial charge in [0.05, 0.1) is 0 Å². The predicted octanol–water partition coefficient (Wildman–Crippen LogP) is 2.45. The fraction of sp³-hybridized carbons (Fsp3) is 0.667. The summed E-state index contributed by atoms with van der Waals surface area (Å²) in [5, 5.41) is 8.64. The molecule has 0 heterocycles. The summed E-state index contributed by atoms with van der Waals surface area (Å²) < 4.78 is 0. The Kier molecular flexibility index (Phi) is 3.86. The van der Waals surface area contributed by atoms with E-state index in [9.17, 15) is 4.79 Å². The number of hydrogen-bond acceptors (Lipinski definition) is 1. The van der Waals surface area contributed by atoms with Gasteiger partial charge in [0.15, 0.2) is 0 Å². The van der Waals surface area contributed by atoms with E-state index >= 15 is 0 Å². The second kappa shape index (κ2) is 4.16. The van der Waals surface area contributed by atoms with Crippen LogP contribution in [0.3, 0.4) is 0 Å². The van der Waals surface area contributed by atoms with Crippen molar-refractivity contribution in [1.29, 1.82) is 0 Å². The van der Waals surface area contributed by atoms with Crippen LogP contribution < -0.4 is 0 Å². The van der Waals surface area contributed by atoms with Gasteiger partial charge in [-0.25, -0.2) is 4.79 Å². The number of allylic oxidation sites excluding steroid dienone is 1. The highest BCUT2D eigenvalue weighted by molar-refractivity contribution is 5.86. The Balaban J connectivity index is 4.51. The van der Waals surface area contributed by atoms with Crippen molar-refractivity contribution in [2.45, 2.75) is 34.1 Å². The molecule has 0 aromatic carbocycles. The Morgan fingerprint density at radius 2 is 1.91 bits per heavy atom. The van der Waals surface area contributed by atoms with E-state index in [1.54, 1.807) is 6.92 Å². The molecule has 1 unspecified atom stereocenters. The van der Waals surface area contributed by atoms with Gasteiger partial charge >= 0.3 is 5.97 Å². The van der Waals surface area contributed by atoms with Gasteiger partial charge in [-0.15, -0.1) is 0 Å². The highest BCUT2D eigenvalue weighted by Gasteiger charge is 2.09. The molecule has 0 radical (unpaired) electrons. The van der Waals surface area contributed by atoms with Crippen molar-refractivity contribution in [2.75, 3.05) is 0 Å². The van der Waals surface area contributed by atoms with E-state index in [2.05, 4.69) is 6.92 Å². The van der Waals surface area contributed by atoms with E-state index in [0.29, 0.717) is 11.5 Å². The zero-order valence-electron chi connectivity index (χ0n) is 7.64. The van der Waals surface area contributed by atoms with E-state index in [-0.39, 0.29) is 0 Å². The highest BCUT2D eigenvalue weighted by Crippen LogP contribution is 2.17. The van der Waals surface area contributed by atoms with Gasteiger partial charge in [-0.05, 0) is 26.2 Å². The van der Waals surface area contributed by atoms with Crippen LogP contribution in [0, 0.1) is 5.92 Å². The minimum Gasteiger partial charge on any atom is -0.478 e. The summed E-state index contributed by atoms with van der Waals surface area (Å²) in [5.74, 6) is -0.422. The third-order valence-corrected chi connectivity index (χ3v) is 2.26. The summed E-state index contributed by atoms with van der Waals surface area (Å²) >= 11 is 0. The second-order valence-corrected chi connectivity index (χ2v) is 2.92. The summed E-state index contributed by atoms with van der Waals surface area (Å²) in [6.07, 6.45) is 0.996. The van der Waals surface area contributed by atoms with Crippen molar-refractivity contribution in [3.05, 3.63) is 11.1 Å². The average Bonchev–Trinajstić information content (AvgIpc) is 2.00. The highest BCUT2D eigenvalue weighted by atomic mass is 16.4. The topological polar surface area (TPSA) is 37.3 Å². The lowest BCUT2D eigenvalue weighted by atomic mass is 9.96. The van der Waals surface area contributed by atoms with Crippen LogP contribution in [0.2, 0.25) is 0 Å². The molecular weight excluding hydrogens is 140 g/mol. The molecule has 0 aromatic rings. The standard InChI is InChI=1S/C9H16O2/c1-5-6(2)7(3)8(4)9(10)11/h6H,5H2,1-4H3,(H,10,11)/b8-7+. The average molecular weight is 156 g/mol. The van der Waals surface area contributed by atoms with Gasteiger partial charge in [0, 0.05) is 5.57 Å². The first-order chi connectivity index (χ1) is 5.00. The normalized spacial score (nSPS) is 15.6. The van der Waals surface area contributed by atoms with E-state index < -0.39 is 5.97 Å². The van der Waals surface area contributed by atoms with Gasteiger partial charge in [-0.2, -0.15) is 0 Å². The molecule has 0 amide bonds. The Morgan fingerprint density at radius 3 is 2.18 bits per heavy atom. The first-order valence-electron chi connectivity index (χ1n) is 3.91. The monoisotopic (exact) mass is 156 g/mol. The molecule has 11 heavy (non-hydrogen) atoms. The molecule has 1 N–H and O–H groups in total. The van der Waals surface area contributed by atoms with Gasteiger partial charge in [0.25, 0.3) is 0 Å². The van der Waals surface area contributed by atoms with Crippen molar-refractivity contribution in [1.82, 2.24) is 0 Å². The molecule has 0 rings (SSSR count). The molecule has 0 saturated heterocycles. The van der Waals surface area contributed by atoms with Crippen LogP contribution in [0.4, 0.5) is 0 Å². The third-order valence-electron chi connectivity index (χ3n) is 2.26. The fourth-order valence-corrected chi connectivity index (χ4v) is 0.844. The molecule has 0 fully saturated rings. The van der Waals surface area contributed by atoms with Crippen LogP contribution in [0.1, 0.15) is 34.1 Å². The molecule has 64 valence electrons. The summed E-state index contributed by atoms with van der Waals surface area (Å²) in [6.45, 7) is 7.65. The molecule has 0 spiro atoms. The number of carboxylic acids is 1. The molecular formula is C9H16O2. The molecule has 0 bridgehead atoms. The Morgan fingerprint density at radius 1 is 1.45 bits per heavy atom. The fourth-order valence-electron chi connectivity index (χ4n) is 0.844. The third kappa shape index (κ3) is 2.74. The van der Waals surface area contributed by atoms with Gasteiger partial charge in [0.1, 0.15) is 0 Å². The van der Waals surface area contributed by atoms with Crippen LogP contribution >= 0.6 is 0 Å². The lowest BCUT2D eigenvalue weighted by Gasteiger charge is -2.10. The minimum absolute atomic E-state index is 0.381. The molecule has 2 nitrogen and oxygen atoms in total. The molecule has 0 aliphatic carbocycles. The smallest absolute Gasteiger partial charge is 0.331 e. The summed E-state index contributed by atoms with van der Waals surface area (Å²) in [4.78, 5) is 10.5. The van der Waals surface area contributed by atoms with Crippen LogP contribution in [-0.2, 0) is 4.79 Å². The van der Waals surface area contributed by atoms with Gasteiger partial charge in [-0.3, -0.25) is 0 Å². The zero-order valence-corrected chi connectivity index (χ0v) is 7.64. The maximum atomic E-state index is 10.5. The van der Waals surface area contributed by atoms with E-state index in [0.717, 1.165) is 12.0 Å². The summed E-state index contributed by atoms with van der Waals surface area (Å²) in [7, 11) is 0. The van der Waals surface area contributed by atoms with Gasteiger partial charge in [-0.1, -0.05) is 19.4 Å². The summed E-state index contributed by atoms with van der Waals surface area (Å²) in [5.41, 5.74) is 1.47. The zero-order chi connectivity index (χ0) is 9.02. The van der Waals surface area contributed by atoms with E-state index in [1.807, 2.05) is 13.8 Å². The molecule has 0 aliphatic heterocycles. The minimum atomic E-state index is -0.803. The van der Waals surface area contributed by atoms with Gasteiger partial charge < -0.3 is 5.11 Å². The van der Waals surface area contributed by atoms with Crippen molar-refractivity contribution >= 4 is 5.97 Å². The Labute approximate surface area is 67.9 Å². The van der Waals surface area contributed by atoms with Crippen molar-refractivity contribution in [3.8, 4) is 0 Å². The number of carboxylic acid groups (broad SMARTS) is 1. The van der Waals surface area contributed by atoms with Crippen molar-refractivity contribution in [3.63, 3.8) is 0 Å². The van der Waals surface area contributed by atoms with Crippen LogP contribution in [-0.4, -0.2) is 11.1 Å². The summed E-state index contributed by atoms with van der Waals surface area (Å²) in [6, 6.07) is 0. The molecule has 0 saturated carbocycles. The molecule has 0 aromatic heterocycles. The maximum Gasteiger partial charge on any atom is 0.331 e. The molecule has 0 aliphatic rings. The van der Waals surface area contributed by atoms with Gasteiger partial charge in [0.2, 0.25) is 0 Å². The largest absolute Gasteiger partial charge is 0.478 e. The number of aliphatic carboxylic acids is 1. The SMILES string of the molecule is CCC(C)/C(C)=C(\C)C(=O)O. The quantitative estimate of drug-likeness (QED) is 0.637. The van der Waals surface area contributed by atoms with Crippen LogP contribution in [0.15, 0.2) is 11.1 Å². The number of carbonyl (C=O) groups is 1. The van der Waals surface area contributed by atoms with Crippen LogP contribution in [0.25, 0.3) is 0 Å². The lowest BCUT2D eigenvalue weighted by Crippen LogP contribution is -2.04. The first-order valence-corrected chi connectivity index (χ1v) is 3.91. The Hall–Kier alpha value is -0.790. The number of rotatable bonds is 3. The molecule has 1 atom stereocenters. The second-order valence-electron chi connectivity index (χ2n) is 2.92. The lowest BCUT2D eigenvalue weighted by molar-refractivity contribution is -0.132. The van der Waals surface area contributed by atoms with E-state index in [1.165, 1.54) is 0 Å². The van der Waals surface area contributed by atoms with E-state index in [4.69, 9.17) is 5.11 Å². The number of hydrogen-bond donors (Lipinski definition) is 1. The maximum absolute atomic E-state index is 10.5. The van der Waals surface area contributed by atoms with Crippen LogP contribution in [0.5, 0.6) is 0 Å². The first kappa shape index (κ1) is 10.2. The van der Waals surface area contributed by atoms with Crippen molar-refractivity contribution in [2.24, 2.45) is 5.92 Å². The van der Waals surface area contributed by atoms with Crippen molar-refractivity contribution < 1.29 is 9.90 Å². The molecule has 2 heteroatoms. The predicted molar refractivity (Wildman–Crippen MR) is 45.5 cm³/mol. The Bertz CT molecular complexity index is 180.